The third-order valence-corrected chi connectivity index (χ3v) is 6.70. The number of amides is 1. The van der Waals surface area contributed by atoms with E-state index in [4.69, 9.17) is 9.47 Å². The van der Waals surface area contributed by atoms with Crippen molar-refractivity contribution in [2.45, 2.75) is 17.9 Å². The lowest BCUT2D eigenvalue weighted by molar-refractivity contribution is -0.137. The summed E-state index contributed by atoms with van der Waals surface area (Å²) in [6, 6.07) is 3.42. The third-order valence-electron chi connectivity index (χ3n) is 5.68. The molecule has 186 valence electrons. The highest BCUT2D eigenvalue weighted by Crippen LogP contribution is 2.36. The Balaban J connectivity index is 1.41. The van der Waals surface area contributed by atoms with Crippen LogP contribution in [-0.2, 0) is 34.0 Å². The Morgan fingerprint density at radius 2 is 1.76 bits per heavy atom. The molecule has 4 rings (SSSR count). The number of morpholine rings is 2. The van der Waals surface area contributed by atoms with Gasteiger partial charge < -0.3 is 24.3 Å². The number of rotatable bonds is 7. The van der Waals surface area contributed by atoms with Crippen LogP contribution in [0, 0.1) is 0 Å². The number of halogens is 3. The summed E-state index contributed by atoms with van der Waals surface area (Å²) in [5.74, 6) is 0.344. The van der Waals surface area contributed by atoms with Gasteiger partial charge in [-0.1, -0.05) is 11.8 Å². The van der Waals surface area contributed by atoms with Crippen molar-refractivity contribution in [3.8, 4) is 0 Å². The normalized spacial score (nSPS) is 17.7. The molecule has 0 unspecified atom stereocenters. The summed E-state index contributed by atoms with van der Waals surface area (Å²) in [7, 11) is 1.83. The van der Waals surface area contributed by atoms with Crippen LogP contribution < -0.4 is 10.2 Å². The van der Waals surface area contributed by atoms with Crippen molar-refractivity contribution >= 4 is 29.0 Å². The van der Waals surface area contributed by atoms with E-state index in [-0.39, 0.29) is 11.4 Å². The fourth-order valence-electron chi connectivity index (χ4n) is 3.78. The Labute approximate surface area is 199 Å². The van der Waals surface area contributed by atoms with E-state index < -0.39 is 17.6 Å². The molecule has 0 bridgehead atoms. The lowest BCUT2D eigenvalue weighted by atomic mass is 10.1. The van der Waals surface area contributed by atoms with Gasteiger partial charge in [0.15, 0.2) is 5.16 Å². The monoisotopic (exact) mass is 500 g/mol. The number of ether oxygens (including phenoxy) is 2. The molecule has 1 aromatic heterocycles. The second-order valence-electron chi connectivity index (χ2n) is 8.01. The highest BCUT2D eigenvalue weighted by Gasteiger charge is 2.32. The lowest BCUT2D eigenvalue weighted by Gasteiger charge is -2.31. The summed E-state index contributed by atoms with van der Waals surface area (Å²) in [6.45, 7) is 5.66. The second kappa shape index (κ2) is 10.9. The van der Waals surface area contributed by atoms with E-state index in [1.165, 1.54) is 17.8 Å². The smallest absolute Gasteiger partial charge is 0.379 e. The van der Waals surface area contributed by atoms with Gasteiger partial charge >= 0.3 is 6.18 Å². The number of nitrogens with zero attached hydrogens (tertiary/aromatic N) is 5. The van der Waals surface area contributed by atoms with E-state index in [1.807, 2.05) is 16.5 Å². The number of thioether (sulfide) groups is 1. The molecule has 1 amide bonds. The van der Waals surface area contributed by atoms with Crippen LogP contribution in [0.25, 0.3) is 0 Å². The van der Waals surface area contributed by atoms with Gasteiger partial charge in [0.2, 0.25) is 5.91 Å². The maximum Gasteiger partial charge on any atom is 0.416 e. The number of alkyl halides is 3. The van der Waals surface area contributed by atoms with Crippen molar-refractivity contribution in [3.05, 3.63) is 29.6 Å². The van der Waals surface area contributed by atoms with E-state index in [2.05, 4.69) is 20.4 Å². The van der Waals surface area contributed by atoms with Crippen LogP contribution in [0.3, 0.4) is 0 Å². The number of aromatic nitrogens is 3. The summed E-state index contributed by atoms with van der Waals surface area (Å²) in [6.07, 6.45) is -4.51. The number of hydrogen-bond acceptors (Lipinski definition) is 8. The topological polar surface area (TPSA) is 84.8 Å². The molecule has 9 nitrogen and oxygen atoms in total. The quantitative estimate of drug-likeness (QED) is 0.580. The molecule has 0 aliphatic carbocycles. The van der Waals surface area contributed by atoms with E-state index in [0.29, 0.717) is 56.9 Å². The van der Waals surface area contributed by atoms with Crippen molar-refractivity contribution in [1.82, 2.24) is 19.7 Å². The minimum Gasteiger partial charge on any atom is -0.379 e. The number of benzene rings is 1. The molecule has 1 aromatic carbocycles. The summed E-state index contributed by atoms with van der Waals surface area (Å²) in [5.41, 5.74) is -0.136. The zero-order chi connectivity index (χ0) is 24.1. The molecule has 34 heavy (non-hydrogen) atoms. The molecule has 0 atom stereocenters. The second-order valence-corrected chi connectivity index (χ2v) is 8.95. The van der Waals surface area contributed by atoms with E-state index in [9.17, 15) is 18.0 Å². The van der Waals surface area contributed by atoms with Crippen LogP contribution in [0.4, 0.5) is 24.5 Å². The average molecular weight is 501 g/mol. The Morgan fingerprint density at radius 3 is 2.44 bits per heavy atom. The first-order valence-corrected chi connectivity index (χ1v) is 11.9. The summed E-state index contributed by atoms with van der Waals surface area (Å²) >= 11 is 1.19. The van der Waals surface area contributed by atoms with Crippen molar-refractivity contribution in [2.24, 2.45) is 7.05 Å². The molecule has 3 heterocycles. The minimum absolute atomic E-state index is 0.0116. The van der Waals surface area contributed by atoms with Crippen molar-refractivity contribution < 1.29 is 27.4 Å². The van der Waals surface area contributed by atoms with Gasteiger partial charge in [0, 0.05) is 33.2 Å². The van der Waals surface area contributed by atoms with Crippen molar-refractivity contribution in [3.63, 3.8) is 0 Å². The largest absolute Gasteiger partial charge is 0.416 e. The highest BCUT2D eigenvalue weighted by atomic mass is 32.2. The van der Waals surface area contributed by atoms with Gasteiger partial charge in [-0.3, -0.25) is 9.69 Å². The molecular weight excluding hydrogens is 473 g/mol. The predicted molar refractivity (Wildman–Crippen MR) is 121 cm³/mol. The number of carbonyl (C=O) groups excluding carboxylic acids is 1. The molecule has 13 heteroatoms. The molecule has 0 saturated carbocycles. The van der Waals surface area contributed by atoms with Crippen LogP contribution in [0.15, 0.2) is 23.4 Å². The van der Waals surface area contributed by atoms with Gasteiger partial charge in [-0.15, -0.1) is 10.2 Å². The van der Waals surface area contributed by atoms with E-state index >= 15 is 0 Å². The Morgan fingerprint density at radius 1 is 1.09 bits per heavy atom. The summed E-state index contributed by atoms with van der Waals surface area (Å²) in [4.78, 5) is 16.8. The van der Waals surface area contributed by atoms with Gasteiger partial charge in [-0.25, -0.2) is 0 Å². The lowest BCUT2D eigenvalue weighted by Crippen LogP contribution is -2.37. The van der Waals surface area contributed by atoms with Gasteiger partial charge in [0.25, 0.3) is 0 Å². The predicted octanol–water partition coefficient (Wildman–Crippen LogP) is 2.23. The standard InChI is InChI=1S/C21H27F3N6O3S/c1-28-18(13-29-4-8-32-9-5-29)26-27-20(28)34-14-19(31)25-16-12-15(21(22,23)24)2-3-17(16)30-6-10-33-11-7-30/h2-3,12H,4-11,13-14H2,1H3,(H,25,31). The molecule has 0 radical (unpaired) electrons. The molecule has 2 saturated heterocycles. The van der Waals surface area contributed by atoms with Gasteiger partial charge in [-0.2, -0.15) is 13.2 Å². The van der Waals surface area contributed by atoms with Gasteiger partial charge in [0.05, 0.1) is 55.7 Å². The molecule has 2 aliphatic rings. The first-order chi connectivity index (χ1) is 16.3. The fourth-order valence-corrected chi connectivity index (χ4v) is 4.51. The molecule has 2 aliphatic heterocycles. The van der Waals surface area contributed by atoms with Crippen LogP contribution in [0.5, 0.6) is 0 Å². The van der Waals surface area contributed by atoms with Gasteiger partial charge in [0.1, 0.15) is 5.82 Å². The number of nitrogens with one attached hydrogen (secondary N) is 1. The van der Waals surface area contributed by atoms with Crippen LogP contribution >= 0.6 is 11.8 Å². The first-order valence-electron chi connectivity index (χ1n) is 11.0. The average Bonchev–Trinajstić information content (AvgIpc) is 3.17. The summed E-state index contributed by atoms with van der Waals surface area (Å²) in [5, 5.41) is 11.6. The number of hydrogen-bond donors (Lipinski definition) is 1. The highest BCUT2D eigenvalue weighted by molar-refractivity contribution is 7.99. The van der Waals surface area contributed by atoms with Gasteiger partial charge in [-0.05, 0) is 18.2 Å². The number of anilines is 2. The van der Waals surface area contributed by atoms with Crippen molar-refractivity contribution in [1.29, 1.82) is 0 Å². The van der Waals surface area contributed by atoms with Crippen LogP contribution in [-0.4, -0.2) is 83.9 Å². The molecule has 1 N–H and O–H groups in total. The zero-order valence-electron chi connectivity index (χ0n) is 18.8. The van der Waals surface area contributed by atoms with Crippen molar-refractivity contribution in [2.75, 3.05) is 68.6 Å². The minimum atomic E-state index is -4.51. The molecule has 2 fully saturated rings. The molecular formula is C21H27F3N6O3S. The van der Waals surface area contributed by atoms with E-state index in [0.717, 1.165) is 31.0 Å². The number of carbonyl (C=O) groups is 1. The van der Waals surface area contributed by atoms with E-state index in [1.54, 1.807) is 0 Å². The maximum absolute atomic E-state index is 13.3. The first kappa shape index (κ1) is 24.8. The Bertz CT molecular complexity index is 991. The zero-order valence-corrected chi connectivity index (χ0v) is 19.6. The molecule has 0 spiro atoms. The molecule has 2 aromatic rings. The third kappa shape index (κ3) is 6.20. The van der Waals surface area contributed by atoms with Crippen LogP contribution in [0.1, 0.15) is 11.4 Å². The SMILES string of the molecule is Cn1c(CN2CCOCC2)nnc1SCC(=O)Nc1cc(C(F)(F)F)ccc1N1CCOCC1. The maximum atomic E-state index is 13.3. The summed E-state index contributed by atoms with van der Waals surface area (Å²) < 4.78 is 52.4. The fraction of sp³-hybridized carbons (Fsp3) is 0.571. The van der Waals surface area contributed by atoms with Crippen LogP contribution in [0.2, 0.25) is 0 Å². The Kier molecular flexibility index (Phi) is 7.96. The Hall–Kier alpha value is -2.35.